The summed E-state index contributed by atoms with van der Waals surface area (Å²) in [4.78, 5) is 0.919. The summed E-state index contributed by atoms with van der Waals surface area (Å²) in [5.41, 5.74) is 2.50. The predicted octanol–water partition coefficient (Wildman–Crippen LogP) is 5.57. The summed E-state index contributed by atoms with van der Waals surface area (Å²) in [7, 11) is 6.66. The van der Waals surface area contributed by atoms with E-state index in [1.165, 1.54) is 21.8 Å². The minimum absolute atomic E-state index is 0.460. The van der Waals surface area contributed by atoms with Gasteiger partial charge in [0.25, 0.3) is 0 Å². The number of methoxy groups -OCH3 is 4. The zero-order valence-electron chi connectivity index (χ0n) is 17.2. The van der Waals surface area contributed by atoms with Gasteiger partial charge in [0.15, 0.2) is 0 Å². The zero-order chi connectivity index (χ0) is 21.2. The Morgan fingerprint density at radius 3 is 1.38 bits per heavy atom. The standard InChI is InChI=1S/C22H28Br2O4Se/c1-25-19-7-5-15(11-21(19)27-3)9-17(23)13-29-14-18(24)10-16-6-8-20(26-2)22(12-16)28-4/h5-8,11-12,17-18H,9-10,13-14H2,1-4H3. The molecule has 0 aliphatic heterocycles. The molecule has 2 unspecified atom stereocenters. The fourth-order valence-electron chi connectivity index (χ4n) is 2.97. The van der Waals surface area contributed by atoms with Crippen LogP contribution < -0.4 is 18.9 Å². The second kappa shape index (κ2) is 12.7. The number of rotatable bonds is 12. The Morgan fingerprint density at radius 2 is 1.03 bits per heavy atom. The van der Waals surface area contributed by atoms with Crippen molar-refractivity contribution in [3.05, 3.63) is 47.5 Å². The number of ether oxygens (including phenoxy) is 4. The Morgan fingerprint density at radius 1 is 0.655 bits per heavy atom. The fraction of sp³-hybridized carbons (Fsp3) is 0.455. The molecule has 0 N–H and O–H groups in total. The summed E-state index contributed by atoms with van der Waals surface area (Å²) in [5, 5.41) is 2.35. The number of benzene rings is 2. The SMILES string of the molecule is COc1ccc(CC(Br)C[Se]CC(Br)Cc2ccc(OC)c(OC)c2)cc1OC. The maximum absolute atomic E-state index is 5.40. The van der Waals surface area contributed by atoms with Gasteiger partial charge in [-0.1, -0.05) is 0 Å². The average Bonchev–Trinajstić information content (AvgIpc) is 2.73. The van der Waals surface area contributed by atoms with Crippen molar-refractivity contribution in [2.45, 2.75) is 33.1 Å². The van der Waals surface area contributed by atoms with Gasteiger partial charge < -0.3 is 0 Å². The second-order valence-electron chi connectivity index (χ2n) is 6.52. The van der Waals surface area contributed by atoms with Crippen LogP contribution in [0.15, 0.2) is 36.4 Å². The van der Waals surface area contributed by atoms with E-state index in [1.54, 1.807) is 28.4 Å². The third-order valence-corrected chi connectivity index (χ3v) is 10.3. The summed E-state index contributed by atoms with van der Waals surface area (Å²) < 4.78 is 21.4. The normalized spacial score (nSPS) is 12.9. The van der Waals surface area contributed by atoms with Gasteiger partial charge in [0.05, 0.1) is 0 Å². The van der Waals surface area contributed by atoms with Crippen LogP contribution in [0.3, 0.4) is 0 Å². The van der Waals surface area contributed by atoms with Crippen LogP contribution in [0.25, 0.3) is 0 Å². The zero-order valence-corrected chi connectivity index (χ0v) is 22.1. The van der Waals surface area contributed by atoms with Crippen LogP contribution in [0.5, 0.6) is 23.0 Å². The molecule has 0 aromatic heterocycles. The Kier molecular flexibility index (Phi) is 10.7. The Bertz CT molecular complexity index is 709. The van der Waals surface area contributed by atoms with Crippen LogP contribution in [0, 0.1) is 0 Å². The van der Waals surface area contributed by atoms with Crippen molar-refractivity contribution in [2.75, 3.05) is 28.4 Å². The summed E-state index contributed by atoms with van der Waals surface area (Å²) in [5.74, 6) is 3.10. The van der Waals surface area contributed by atoms with Crippen molar-refractivity contribution in [1.29, 1.82) is 0 Å². The van der Waals surface area contributed by atoms with E-state index in [9.17, 15) is 0 Å². The number of hydrogen-bond donors (Lipinski definition) is 0. The van der Waals surface area contributed by atoms with Gasteiger partial charge in [-0.25, -0.2) is 0 Å². The molecule has 0 bridgehead atoms. The van der Waals surface area contributed by atoms with E-state index in [2.05, 4.69) is 56.1 Å². The van der Waals surface area contributed by atoms with Gasteiger partial charge in [-0.2, -0.15) is 0 Å². The third-order valence-electron chi connectivity index (χ3n) is 4.41. The van der Waals surface area contributed by atoms with Gasteiger partial charge in [-0.15, -0.1) is 0 Å². The first-order valence-corrected chi connectivity index (χ1v) is 13.5. The maximum atomic E-state index is 5.40. The van der Waals surface area contributed by atoms with E-state index in [0.29, 0.717) is 24.6 Å². The molecule has 0 saturated carbocycles. The van der Waals surface area contributed by atoms with E-state index in [0.717, 1.165) is 35.8 Å². The van der Waals surface area contributed by atoms with Crippen molar-refractivity contribution in [1.82, 2.24) is 0 Å². The van der Waals surface area contributed by atoms with E-state index in [-0.39, 0.29) is 0 Å². The fourth-order valence-corrected chi connectivity index (χ4v) is 7.51. The molecule has 2 rings (SSSR count). The number of halogens is 2. The molecular formula is C22H28Br2O4Se. The molecule has 0 radical (unpaired) electrons. The molecule has 0 fully saturated rings. The molecule has 29 heavy (non-hydrogen) atoms. The van der Waals surface area contributed by atoms with Gasteiger partial charge in [0.1, 0.15) is 0 Å². The Balaban J connectivity index is 1.79. The number of hydrogen-bond acceptors (Lipinski definition) is 4. The molecule has 2 atom stereocenters. The topological polar surface area (TPSA) is 36.9 Å². The van der Waals surface area contributed by atoms with Crippen molar-refractivity contribution >= 4 is 46.8 Å². The van der Waals surface area contributed by atoms with E-state index in [4.69, 9.17) is 18.9 Å². The molecular weight excluding hydrogens is 567 g/mol. The molecule has 0 heterocycles. The van der Waals surface area contributed by atoms with Gasteiger partial charge in [-0.3, -0.25) is 0 Å². The monoisotopic (exact) mass is 594 g/mol. The molecule has 0 aliphatic rings. The van der Waals surface area contributed by atoms with Crippen LogP contribution in [0.2, 0.25) is 10.6 Å². The van der Waals surface area contributed by atoms with Crippen LogP contribution in [-0.4, -0.2) is 53.1 Å². The van der Waals surface area contributed by atoms with Crippen LogP contribution in [-0.2, 0) is 12.8 Å². The summed E-state index contributed by atoms with van der Waals surface area (Å²) in [6, 6.07) is 12.3. The Labute approximate surface area is 197 Å². The first-order chi connectivity index (χ1) is 14.0. The van der Waals surface area contributed by atoms with E-state index < -0.39 is 0 Å². The first-order valence-electron chi connectivity index (χ1n) is 9.28. The number of alkyl halides is 2. The molecule has 0 aliphatic carbocycles. The minimum atomic E-state index is 0.460. The second-order valence-corrected chi connectivity index (χ2v) is 11.4. The van der Waals surface area contributed by atoms with Crippen molar-refractivity contribution in [3.63, 3.8) is 0 Å². The van der Waals surface area contributed by atoms with Gasteiger partial charge >= 0.3 is 198 Å². The van der Waals surface area contributed by atoms with E-state index in [1.807, 2.05) is 12.1 Å². The van der Waals surface area contributed by atoms with Gasteiger partial charge in [-0.05, 0) is 0 Å². The molecule has 2 aromatic rings. The van der Waals surface area contributed by atoms with Gasteiger partial charge in [0.2, 0.25) is 0 Å². The van der Waals surface area contributed by atoms with Crippen molar-refractivity contribution < 1.29 is 18.9 Å². The quantitative estimate of drug-likeness (QED) is 0.238. The predicted molar refractivity (Wildman–Crippen MR) is 127 cm³/mol. The van der Waals surface area contributed by atoms with Crippen molar-refractivity contribution in [2.24, 2.45) is 0 Å². The molecule has 4 nitrogen and oxygen atoms in total. The average molecular weight is 595 g/mol. The first kappa shape index (κ1) is 24.4. The van der Waals surface area contributed by atoms with E-state index >= 15 is 0 Å². The van der Waals surface area contributed by atoms with Crippen LogP contribution in [0.4, 0.5) is 0 Å². The molecule has 2 aromatic carbocycles. The molecule has 0 amide bonds. The summed E-state index contributed by atoms with van der Waals surface area (Å²) >= 11 is 8.24. The third kappa shape index (κ3) is 7.71. The van der Waals surface area contributed by atoms with Crippen molar-refractivity contribution in [3.8, 4) is 23.0 Å². The molecule has 160 valence electrons. The molecule has 0 saturated heterocycles. The van der Waals surface area contributed by atoms with Crippen LogP contribution >= 0.6 is 31.9 Å². The molecule has 7 heteroatoms. The Hall–Kier alpha value is -0.881. The molecule has 0 spiro atoms. The van der Waals surface area contributed by atoms with Gasteiger partial charge in [0, 0.05) is 0 Å². The summed E-state index contributed by atoms with van der Waals surface area (Å²) in [6.45, 7) is 0. The van der Waals surface area contributed by atoms with Crippen LogP contribution in [0.1, 0.15) is 11.1 Å². The summed E-state index contributed by atoms with van der Waals surface area (Å²) in [6.07, 6.45) is 1.95.